The lowest BCUT2D eigenvalue weighted by atomic mass is 10.1. The van der Waals surface area contributed by atoms with Gasteiger partial charge in [-0.25, -0.2) is 4.98 Å². The van der Waals surface area contributed by atoms with Gasteiger partial charge in [-0.05, 0) is 43.3 Å². The van der Waals surface area contributed by atoms with Crippen molar-refractivity contribution in [2.75, 3.05) is 0 Å². The standard InChI is InChI=1S/C42H29N3/c1-28-20-22-30(23-21-28)38-27-32(26-37(43-38)29-12-4-2-5-13-29)45-40-19-11-9-17-34(40)36-25-24-35-33-16-8-10-18-39(33)44(41(35)42(36)45)31-14-6-3-7-15-31/h2-27H,1H3. The van der Waals surface area contributed by atoms with E-state index in [4.69, 9.17) is 4.98 Å². The molecule has 0 atom stereocenters. The first kappa shape index (κ1) is 25.6. The molecule has 0 aliphatic rings. The summed E-state index contributed by atoms with van der Waals surface area (Å²) in [6.07, 6.45) is 0. The van der Waals surface area contributed by atoms with Crippen molar-refractivity contribution in [3.8, 4) is 33.9 Å². The maximum atomic E-state index is 5.22. The molecule has 0 aliphatic heterocycles. The highest BCUT2D eigenvalue weighted by Crippen LogP contribution is 2.42. The maximum Gasteiger partial charge on any atom is 0.0788 e. The summed E-state index contributed by atoms with van der Waals surface area (Å²) in [5.74, 6) is 0. The highest BCUT2D eigenvalue weighted by Gasteiger charge is 2.22. The fourth-order valence-electron chi connectivity index (χ4n) is 6.89. The molecule has 0 bridgehead atoms. The first-order chi connectivity index (χ1) is 22.2. The van der Waals surface area contributed by atoms with Crippen LogP contribution in [0.3, 0.4) is 0 Å². The summed E-state index contributed by atoms with van der Waals surface area (Å²) in [5, 5.41) is 4.94. The van der Waals surface area contributed by atoms with Crippen LogP contribution >= 0.6 is 0 Å². The van der Waals surface area contributed by atoms with E-state index in [9.17, 15) is 0 Å². The van der Waals surface area contributed by atoms with E-state index in [2.05, 4.69) is 174 Å². The van der Waals surface area contributed by atoms with E-state index in [1.165, 1.54) is 49.2 Å². The summed E-state index contributed by atoms with van der Waals surface area (Å²) in [5.41, 5.74) is 12.3. The molecule has 9 aromatic rings. The summed E-state index contributed by atoms with van der Waals surface area (Å²) in [7, 11) is 0. The Hall–Kier alpha value is -5.93. The molecule has 0 N–H and O–H groups in total. The Balaban J connectivity index is 1.47. The summed E-state index contributed by atoms with van der Waals surface area (Å²) in [6.45, 7) is 2.12. The molecular weight excluding hydrogens is 546 g/mol. The minimum absolute atomic E-state index is 0.949. The second kappa shape index (κ2) is 10.1. The highest BCUT2D eigenvalue weighted by atomic mass is 15.0. The summed E-state index contributed by atoms with van der Waals surface area (Å²) < 4.78 is 4.89. The molecular formula is C42H29N3. The van der Waals surface area contributed by atoms with E-state index < -0.39 is 0 Å². The maximum absolute atomic E-state index is 5.22. The molecule has 212 valence electrons. The van der Waals surface area contributed by atoms with E-state index in [-0.39, 0.29) is 0 Å². The van der Waals surface area contributed by atoms with Gasteiger partial charge in [0.1, 0.15) is 0 Å². The Morgan fingerprint density at radius 2 is 0.867 bits per heavy atom. The summed E-state index contributed by atoms with van der Waals surface area (Å²) in [6, 6.07) is 56.5. The number of hydrogen-bond acceptors (Lipinski definition) is 1. The number of para-hydroxylation sites is 3. The SMILES string of the molecule is Cc1ccc(-c2cc(-n3c4ccccc4c4ccc5c6ccccc6n(-c6ccccc6)c5c43)cc(-c3ccccc3)n2)cc1. The van der Waals surface area contributed by atoms with Crippen LogP contribution in [0.4, 0.5) is 0 Å². The average molecular weight is 576 g/mol. The van der Waals surface area contributed by atoms with Gasteiger partial charge in [0.15, 0.2) is 0 Å². The molecule has 0 fully saturated rings. The van der Waals surface area contributed by atoms with E-state index in [0.29, 0.717) is 0 Å². The number of aromatic nitrogens is 3. The van der Waals surface area contributed by atoms with Crippen LogP contribution in [0.25, 0.3) is 77.5 Å². The Morgan fingerprint density at radius 1 is 0.400 bits per heavy atom. The third-order valence-electron chi connectivity index (χ3n) is 8.97. The predicted molar refractivity (Wildman–Crippen MR) is 189 cm³/mol. The van der Waals surface area contributed by atoms with E-state index in [1.807, 2.05) is 0 Å². The highest BCUT2D eigenvalue weighted by molar-refractivity contribution is 6.23. The van der Waals surface area contributed by atoms with Gasteiger partial charge < -0.3 is 9.13 Å². The van der Waals surface area contributed by atoms with Crippen LogP contribution in [0.1, 0.15) is 5.56 Å². The number of rotatable bonds is 4. The van der Waals surface area contributed by atoms with Crippen LogP contribution in [0, 0.1) is 6.92 Å². The third kappa shape index (κ3) is 4.01. The zero-order valence-corrected chi connectivity index (χ0v) is 24.9. The van der Waals surface area contributed by atoms with Gasteiger partial charge in [0.05, 0.1) is 39.1 Å². The van der Waals surface area contributed by atoms with Gasteiger partial charge in [-0.15, -0.1) is 0 Å². The molecule has 3 aromatic heterocycles. The zero-order valence-electron chi connectivity index (χ0n) is 24.9. The molecule has 0 unspecified atom stereocenters. The van der Waals surface area contributed by atoms with Crippen LogP contribution in [0.5, 0.6) is 0 Å². The van der Waals surface area contributed by atoms with Gasteiger partial charge in [-0.2, -0.15) is 0 Å². The molecule has 6 aromatic carbocycles. The summed E-state index contributed by atoms with van der Waals surface area (Å²) in [4.78, 5) is 5.22. The van der Waals surface area contributed by atoms with Crippen molar-refractivity contribution in [3.05, 3.63) is 163 Å². The monoisotopic (exact) mass is 575 g/mol. The van der Waals surface area contributed by atoms with Crippen molar-refractivity contribution >= 4 is 43.6 Å². The minimum Gasteiger partial charge on any atom is -0.307 e. The zero-order chi connectivity index (χ0) is 29.9. The molecule has 0 saturated heterocycles. The van der Waals surface area contributed by atoms with E-state index in [0.717, 1.165) is 33.9 Å². The van der Waals surface area contributed by atoms with E-state index in [1.54, 1.807) is 0 Å². The lowest BCUT2D eigenvalue weighted by Gasteiger charge is -2.15. The largest absolute Gasteiger partial charge is 0.307 e. The molecule has 0 aliphatic carbocycles. The van der Waals surface area contributed by atoms with Gasteiger partial charge in [0, 0.05) is 38.4 Å². The van der Waals surface area contributed by atoms with E-state index >= 15 is 0 Å². The van der Waals surface area contributed by atoms with Gasteiger partial charge in [0.2, 0.25) is 0 Å². The smallest absolute Gasteiger partial charge is 0.0788 e. The molecule has 0 saturated carbocycles. The Morgan fingerprint density at radius 3 is 1.44 bits per heavy atom. The quantitative estimate of drug-likeness (QED) is 0.205. The second-order valence-corrected chi connectivity index (χ2v) is 11.7. The van der Waals surface area contributed by atoms with Crippen LogP contribution in [-0.2, 0) is 0 Å². The Kier molecular flexibility index (Phi) is 5.72. The molecule has 3 heteroatoms. The fourth-order valence-corrected chi connectivity index (χ4v) is 6.89. The van der Waals surface area contributed by atoms with Gasteiger partial charge in [0.25, 0.3) is 0 Å². The topological polar surface area (TPSA) is 22.8 Å². The molecule has 0 spiro atoms. The Bertz CT molecular complexity index is 2520. The van der Waals surface area contributed by atoms with Crippen molar-refractivity contribution < 1.29 is 0 Å². The third-order valence-corrected chi connectivity index (χ3v) is 8.97. The second-order valence-electron chi connectivity index (χ2n) is 11.7. The number of benzene rings is 6. The van der Waals surface area contributed by atoms with Crippen LogP contribution < -0.4 is 0 Å². The molecule has 0 radical (unpaired) electrons. The lowest BCUT2D eigenvalue weighted by Crippen LogP contribution is -2.00. The van der Waals surface area contributed by atoms with Gasteiger partial charge >= 0.3 is 0 Å². The number of aryl methyl sites for hydroxylation is 1. The fraction of sp³-hybridized carbons (Fsp3) is 0.0238. The van der Waals surface area contributed by atoms with Gasteiger partial charge in [-0.3, -0.25) is 0 Å². The summed E-state index contributed by atoms with van der Waals surface area (Å²) >= 11 is 0. The van der Waals surface area contributed by atoms with Crippen molar-refractivity contribution in [2.24, 2.45) is 0 Å². The first-order valence-electron chi connectivity index (χ1n) is 15.4. The van der Waals surface area contributed by atoms with Crippen LogP contribution in [-0.4, -0.2) is 14.1 Å². The molecule has 0 amide bonds. The number of hydrogen-bond donors (Lipinski definition) is 0. The number of pyridine rings is 1. The van der Waals surface area contributed by atoms with Crippen LogP contribution in [0.2, 0.25) is 0 Å². The van der Waals surface area contributed by atoms with Crippen molar-refractivity contribution in [3.63, 3.8) is 0 Å². The van der Waals surface area contributed by atoms with Crippen molar-refractivity contribution in [1.29, 1.82) is 0 Å². The minimum atomic E-state index is 0.949. The van der Waals surface area contributed by atoms with Gasteiger partial charge in [-0.1, -0.05) is 127 Å². The predicted octanol–water partition coefficient (Wildman–Crippen LogP) is 10.9. The molecule has 9 rings (SSSR count). The van der Waals surface area contributed by atoms with Crippen molar-refractivity contribution in [1.82, 2.24) is 14.1 Å². The lowest BCUT2D eigenvalue weighted by molar-refractivity contribution is 1.14. The van der Waals surface area contributed by atoms with Crippen LogP contribution in [0.15, 0.2) is 158 Å². The molecule has 45 heavy (non-hydrogen) atoms. The first-order valence-corrected chi connectivity index (χ1v) is 15.4. The normalized spacial score (nSPS) is 11.7. The molecule has 3 heterocycles. The number of nitrogens with zero attached hydrogens (tertiary/aromatic N) is 3. The molecule has 3 nitrogen and oxygen atoms in total. The van der Waals surface area contributed by atoms with Crippen molar-refractivity contribution in [2.45, 2.75) is 6.92 Å². The average Bonchev–Trinajstić information content (AvgIpc) is 3.62. The number of fused-ring (bicyclic) bond motifs is 7. The Labute approximate surface area is 261 Å².